The van der Waals surface area contributed by atoms with Crippen LogP contribution < -0.4 is 15.0 Å². The largest absolute Gasteiger partial charge is 0.490 e. The maximum Gasteiger partial charge on any atom is 0.256 e. The van der Waals surface area contributed by atoms with Gasteiger partial charge in [0.05, 0.1) is 11.1 Å². The predicted octanol–water partition coefficient (Wildman–Crippen LogP) is 5.50. The lowest BCUT2D eigenvalue weighted by atomic mass is 9.92. The van der Waals surface area contributed by atoms with Crippen molar-refractivity contribution in [3.63, 3.8) is 0 Å². The van der Waals surface area contributed by atoms with Crippen LogP contribution in [0.15, 0.2) is 60.7 Å². The maximum absolute atomic E-state index is 13.2. The van der Waals surface area contributed by atoms with Crippen molar-refractivity contribution in [2.45, 2.75) is 27.7 Å². The number of rotatable bonds is 4. The lowest BCUT2D eigenvalue weighted by Gasteiger charge is -2.29. The van der Waals surface area contributed by atoms with Gasteiger partial charge in [0.25, 0.3) is 5.91 Å². The molecule has 0 atom stereocenters. The first kappa shape index (κ1) is 20.9. The summed E-state index contributed by atoms with van der Waals surface area (Å²) in [5.74, 6) is 0.785. The van der Waals surface area contributed by atoms with E-state index in [-0.39, 0.29) is 11.8 Å². The number of anilines is 2. The van der Waals surface area contributed by atoms with Crippen molar-refractivity contribution in [1.82, 2.24) is 0 Å². The maximum atomic E-state index is 13.2. The van der Waals surface area contributed by atoms with Gasteiger partial charge >= 0.3 is 0 Å². The Morgan fingerprint density at radius 1 is 1.10 bits per heavy atom. The first-order chi connectivity index (χ1) is 14.8. The highest BCUT2D eigenvalue weighted by molar-refractivity contribution is 6.13. The number of hydrogen-bond acceptors (Lipinski definition) is 3. The first-order valence-electron chi connectivity index (χ1n) is 10.6. The lowest BCUT2D eigenvalue weighted by molar-refractivity contribution is -0.127. The van der Waals surface area contributed by atoms with E-state index in [1.165, 1.54) is 0 Å². The summed E-state index contributed by atoms with van der Waals surface area (Å²) in [6.07, 6.45) is 0. The fourth-order valence-corrected chi connectivity index (χ4v) is 3.89. The molecular formula is C26H28N2O3. The fraction of sp³-hybridized carbons (Fsp3) is 0.308. The van der Waals surface area contributed by atoms with E-state index >= 15 is 0 Å². The van der Waals surface area contributed by atoms with Crippen molar-refractivity contribution in [3.05, 3.63) is 66.2 Å². The first-order valence-corrected chi connectivity index (χ1v) is 10.6. The molecule has 4 rings (SSSR count). The van der Waals surface area contributed by atoms with Gasteiger partial charge in [-0.3, -0.25) is 9.59 Å². The van der Waals surface area contributed by atoms with Gasteiger partial charge in [0.15, 0.2) is 0 Å². The molecule has 0 fully saturated rings. The number of nitrogens with zero attached hydrogens (tertiary/aromatic N) is 1. The second-order valence-corrected chi connectivity index (χ2v) is 9.15. The van der Waals surface area contributed by atoms with Gasteiger partial charge in [-0.25, -0.2) is 0 Å². The number of fused-ring (bicyclic) bond motifs is 2. The van der Waals surface area contributed by atoms with Crippen LogP contribution in [0.5, 0.6) is 5.75 Å². The Morgan fingerprint density at radius 3 is 2.61 bits per heavy atom. The van der Waals surface area contributed by atoms with Crippen molar-refractivity contribution in [2.75, 3.05) is 23.4 Å². The Kier molecular flexibility index (Phi) is 5.44. The summed E-state index contributed by atoms with van der Waals surface area (Å²) in [6, 6.07) is 19.0. The number of amides is 2. The van der Waals surface area contributed by atoms with E-state index in [0.29, 0.717) is 41.8 Å². The highest BCUT2D eigenvalue weighted by atomic mass is 16.5. The zero-order valence-electron chi connectivity index (χ0n) is 18.4. The highest BCUT2D eigenvalue weighted by Gasteiger charge is 2.38. The zero-order valence-corrected chi connectivity index (χ0v) is 18.4. The number of ether oxygens (including phenoxy) is 1. The molecule has 0 unspecified atom stereocenters. The minimum absolute atomic E-state index is 0.0254. The van der Waals surface area contributed by atoms with Crippen LogP contribution in [0, 0.1) is 11.3 Å². The molecule has 1 heterocycles. The molecule has 2 amide bonds. The molecule has 0 aromatic heterocycles. The fourth-order valence-electron chi connectivity index (χ4n) is 3.89. The molecule has 0 bridgehead atoms. The molecule has 1 aliphatic rings. The van der Waals surface area contributed by atoms with E-state index < -0.39 is 5.41 Å². The monoisotopic (exact) mass is 416 g/mol. The van der Waals surface area contributed by atoms with Crippen LogP contribution in [0.1, 0.15) is 38.1 Å². The van der Waals surface area contributed by atoms with Crippen molar-refractivity contribution in [1.29, 1.82) is 0 Å². The van der Waals surface area contributed by atoms with E-state index in [0.717, 1.165) is 10.8 Å². The molecule has 1 N–H and O–H groups in total. The molecule has 0 radical (unpaired) electrons. The van der Waals surface area contributed by atoms with Crippen molar-refractivity contribution < 1.29 is 14.3 Å². The summed E-state index contributed by atoms with van der Waals surface area (Å²) in [6.45, 7) is 8.86. The Balaban J connectivity index is 1.69. The molecule has 3 aromatic carbocycles. The Labute approximate surface area is 183 Å². The van der Waals surface area contributed by atoms with Gasteiger partial charge in [-0.05, 0) is 54.8 Å². The topological polar surface area (TPSA) is 58.6 Å². The summed E-state index contributed by atoms with van der Waals surface area (Å²) in [4.78, 5) is 28.1. The van der Waals surface area contributed by atoms with Crippen molar-refractivity contribution >= 4 is 34.0 Å². The van der Waals surface area contributed by atoms with Crippen LogP contribution in [-0.4, -0.2) is 25.0 Å². The number of carbonyl (C=O) groups excluding carboxylic acids is 2. The molecule has 160 valence electrons. The predicted molar refractivity (Wildman–Crippen MR) is 125 cm³/mol. The average molecular weight is 417 g/mol. The lowest BCUT2D eigenvalue weighted by Crippen LogP contribution is -2.43. The quantitative estimate of drug-likeness (QED) is 0.611. The van der Waals surface area contributed by atoms with Gasteiger partial charge in [-0.15, -0.1) is 0 Å². The second kappa shape index (κ2) is 8.06. The SMILES string of the molecule is CC(C)CN1C(=O)C(C)(C)COc2ccc(NC(=O)c3cccc4ccccc34)cc21. The van der Waals surface area contributed by atoms with Crippen molar-refractivity contribution in [3.8, 4) is 5.75 Å². The molecule has 0 saturated carbocycles. The average Bonchev–Trinajstić information content (AvgIpc) is 2.83. The van der Waals surface area contributed by atoms with Crippen LogP contribution in [0.4, 0.5) is 11.4 Å². The number of carbonyl (C=O) groups is 2. The van der Waals surface area contributed by atoms with E-state index in [1.807, 2.05) is 74.5 Å². The molecule has 5 nitrogen and oxygen atoms in total. The van der Waals surface area contributed by atoms with Gasteiger partial charge < -0.3 is 15.0 Å². The Bertz CT molecular complexity index is 1150. The molecule has 31 heavy (non-hydrogen) atoms. The summed E-state index contributed by atoms with van der Waals surface area (Å²) in [5, 5.41) is 4.91. The number of benzene rings is 3. The smallest absolute Gasteiger partial charge is 0.256 e. The molecule has 5 heteroatoms. The third-order valence-electron chi connectivity index (χ3n) is 5.50. The summed E-state index contributed by atoms with van der Waals surface area (Å²) in [7, 11) is 0. The van der Waals surface area contributed by atoms with Gasteiger partial charge in [0.1, 0.15) is 12.4 Å². The Hall–Kier alpha value is -3.34. The van der Waals surface area contributed by atoms with E-state index in [9.17, 15) is 9.59 Å². The molecule has 0 aliphatic carbocycles. The summed E-state index contributed by atoms with van der Waals surface area (Å²) >= 11 is 0. The molecule has 0 saturated heterocycles. The highest BCUT2D eigenvalue weighted by Crippen LogP contribution is 2.38. The zero-order chi connectivity index (χ0) is 22.2. The van der Waals surface area contributed by atoms with Gasteiger partial charge in [0, 0.05) is 17.8 Å². The van der Waals surface area contributed by atoms with Crippen LogP contribution in [0.25, 0.3) is 10.8 Å². The van der Waals surface area contributed by atoms with Crippen LogP contribution >= 0.6 is 0 Å². The minimum Gasteiger partial charge on any atom is -0.490 e. The van der Waals surface area contributed by atoms with Crippen LogP contribution in [0.2, 0.25) is 0 Å². The van der Waals surface area contributed by atoms with Crippen molar-refractivity contribution in [2.24, 2.45) is 11.3 Å². The Morgan fingerprint density at radius 2 is 1.84 bits per heavy atom. The normalized spacial score (nSPS) is 15.4. The van der Waals surface area contributed by atoms with E-state index in [1.54, 1.807) is 4.90 Å². The summed E-state index contributed by atoms with van der Waals surface area (Å²) in [5.41, 5.74) is 1.31. The van der Waals surface area contributed by atoms with Crippen LogP contribution in [0.3, 0.4) is 0 Å². The summed E-state index contributed by atoms with van der Waals surface area (Å²) < 4.78 is 5.97. The molecule has 0 spiro atoms. The van der Waals surface area contributed by atoms with E-state index in [4.69, 9.17) is 4.74 Å². The minimum atomic E-state index is -0.625. The van der Waals surface area contributed by atoms with E-state index in [2.05, 4.69) is 19.2 Å². The third-order valence-corrected chi connectivity index (χ3v) is 5.50. The van der Waals surface area contributed by atoms with Crippen LogP contribution in [-0.2, 0) is 4.79 Å². The third kappa shape index (κ3) is 4.13. The van der Waals surface area contributed by atoms with Gasteiger partial charge in [0.2, 0.25) is 5.91 Å². The molecule has 1 aliphatic heterocycles. The van der Waals surface area contributed by atoms with Gasteiger partial charge in [-0.2, -0.15) is 0 Å². The number of nitrogens with one attached hydrogen (secondary N) is 1. The standard InChI is InChI=1S/C26H28N2O3/c1-17(2)15-28-22-14-19(12-13-23(22)31-16-26(3,4)25(28)30)27-24(29)21-11-7-9-18-8-5-6-10-20(18)21/h5-14,17H,15-16H2,1-4H3,(H,27,29). The molecule has 3 aromatic rings. The second-order valence-electron chi connectivity index (χ2n) is 9.15. The molecular weight excluding hydrogens is 388 g/mol. The number of hydrogen-bond donors (Lipinski definition) is 1. The van der Waals surface area contributed by atoms with Gasteiger partial charge in [-0.1, -0.05) is 50.2 Å².